The van der Waals surface area contributed by atoms with Gasteiger partial charge in [-0.2, -0.15) is 0 Å². The molecule has 2 heterocycles. The number of anilines is 1. The normalized spacial score (nSPS) is 11.4. The SMILES string of the molecule is Cc1ccc(CC(=O)N(Cc2ccco2)c2nc3c(C(C)C)cccc3s2)c(C)c1. The number of nitrogens with zero attached hydrogens (tertiary/aromatic N) is 2. The molecule has 0 spiro atoms. The average molecular weight is 419 g/mol. The lowest BCUT2D eigenvalue weighted by molar-refractivity contribution is -0.118. The molecule has 0 saturated carbocycles. The minimum Gasteiger partial charge on any atom is -0.467 e. The summed E-state index contributed by atoms with van der Waals surface area (Å²) in [6.45, 7) is 8.82. The predicted molar refractivity (Wildman–Crippen MR) is 123 cm³/mol. The zero-order chi connectivity index (χ0) is 21.3. The van der Waals surface area contributed by atoms with E-state index in [9.17, 15) is 4.79 Å². The summed E-state index contributed by atoms with van der Waals surface area (Å²) in [5.74, 6) is 1.13. The van der Waals surface area contributed by atoms with Crippen LogP contribution in [0, 0.1) is 13.8 Å². The molecule has 0 bridgehead atoms. The second kappa shape index (κ2) is 8.44. The first-order valence-corrected chi connectivity index (χ1v) is 11.0. The molecule has 4 nitrogen and oxygen atoms in total. The number of benzene rings is 2. The highest BCUT2D eigenvalue weighted by Gasteiger charge is 2.23. The summed E-state index contributed by atoms with van der Waals surface area (Å²) in [6, 6.07) is 16.2. The van der Waals surface area contributed by atoms with Crippen LogP contribution in [0.2, 0.25) is 0 Å². The first kappa shape index (κ1) is 20.4. The topological polar surface area (TPSA) is 46.3 Å². The number of thiazole rings is 1. The summed E-state index contributed by atoms with van der Waals surface area (Å²) < 4.78 is 6.64. The van der Waals surface area contributed by atoms with Crippen molar-refractivity contribution < 1.29 is 9.21 Å². The Bertz CT molecular complexity index is 1180. The zero-order valence-electron chi connectivity index (χ0n) is 17.8. The van der Waals surface area contributed by atoms with Crippen molar-refractivity contribution in [1.29, 1.82) is 0 Å². The number of hydrogen-bond donors (Lipinski definition) is 0. The third-order valence-electron chi connectivity index (χ3n) is 5.33. The van der Waals surface area contributed by atoms with Gasteiger partial charge in [-0.25, -0.2) is 4.98 Å². The van der Waals surface area contributed by atoms with Gasteiger partial charge in [0.15, 0.2) is 5.13 Å². The quantitative estimate of drug-likeness (QED) is 0.364. The van der Waals surface area contributed by atoms with Crippen LogP contribution in [0.4, 0.5) is 5.13 Å². The number of carbonyl (C=O) groups is 1. The Balaban J connectivity index is 1.72. The highest BCUT2D eigenvalue weighted by Crippen LogP contribution is 2.34. The average Bonchev–Trinajstić information content (AvgIpc) is 3.36. The number of aryl methyl sites for hydroxylation is 2. The number of amides is 1. The number of carbonyl (C=O) groups excluding carboxylic acids is 1. The molecule has 0 saturated heterocycles. The summed E-state index contributed by atoms with van der Waals surface area (Å²) in [7, 11) is 0. The van der Waals surface area contributed by atoms with Gasteiger partial charge in [0.1, 0.15) is 5.76 Å². The molecule has 0 atom stereocenters. The molecule has 0 fully saturated rings. The van der Waals surface area contributed by atoms with E-state index in [1.807, 2.05) is 18.2 Å². The fourth-order valence-corrected chi connectivity index (χ4v) is 4.68. The van der Waals surface area contributed by atoms with Crippen LogP contribution in [-0.2, 0) is 17.8 Å². The monoisotopic (exact) mass is 418 g/mol. The Kier molecular flexibility index (Phi) is 5.73. The summed E-state index contributed by atoms with van der Waals surface area (Å²) in [4.78, 5) is 20.1. The van der Waals surface area contributed by atoms with Crippen LogP contribution in [0.5, 0.6) is 0 Å². The number of rotatable bonds is 6. The lowest BCUT2D eigenvalue weighted by Gasteiger charge is -2.19. The Hall–Kier alpha value is -2.92. The van der Waals surface area contributed by atoms with E-state index in [0.29, 0.717) is 24.0 Å². The molecule has 30 heavy (non-hydrogen) atoms. The Morgan fingerprint density at radius 1 is 1.13 bits per heavy atom. The van der Waals surface area contributed by atoms with Crippen molar-refractivity contribution in [2.24, 2.45) is 0 Å². The summed E-state index contributed by atoms with van der Waals surface area (Å²) in [5, 5.41) is 0.712. The molecular weight excluding hydrogens is 392 g/mol. The third kappa shape index (κ3) is 4.17. The lowest BCUT2D eigenvalue weighted by atomic mass is 10.0. The van der Waals surface area contributed by atoms with Gasteiger partial charge in [-0.05, 0) is 54.7 Å². The van der Waals surface area contributed by atoms with Crippen LogP contribution >= 0.6 is 11.3 Å². The van der Waals surface area contributed by atoms with Crippen molar-refractivity contribution in [3.05, 3.63) is 82.8 Å². The molecule has 2 aromatic carbocycles. The van der Waals surface area contributed by atoms with Crippen LogP contribution in [0.15, 0.2) is 59.2 Å². The van der Waals surface area contributed by atoms with E-state index in [1.54, 1.807) is 22.5 Å². The molecule has 0 unspecified atom stereocenters. The maximum atomic E-state index is 13.4. The summed E-state index contributed by atoms with van der Waals surface area (Å²) in [5.41, 5.74) is 5.56. The molecular formula is C25H26N2O2S. The number of para-hydroxylation sites is 1. The fraction of sp³-hybridized carbons (Fsp3) is 0.280. The van der Waals surface area contributed by atoms with Gasteiger partial charge in [-0.15, -0.1) is 0 Å². The lowest BCUT2D eigenvalue weighted by Crippen LogP contribution is -2.31. The van der Waals surface area contributed by atoms with E-state index in [0.717, 1.165) is 27.1 Å². The van der Waals surface area contributed by atoms with E-state index >= 15 is 0 Å². The van der Waals surface area contributed by atoms with Gasteiger partial charge in [0.25, 0.3) is 0 Å². The number of hydrogen-bond acceptors (Lipinski definition) is 4. The van der Waals surface area contributed by atoms with E-state index in [-0.39, 0.29) is 5.91 Å². The first-order valence-electron chi connectivity index (χ1n) is 10.2. The highest BCUT2D eigenvalue weighted by molar-refractivity contribution is 7.22. The molecule has 0 aliphatic rings. The molecule has 1 amide bonds. The van der Waals surface area contributed by atoms with Crippen molar-refractivity contribution in [3.63, 3.8) is 0 Å². The molecule has 2 aromatic heterocycles. The Labute approximate surface area is 181 Å². The maximum absolute atomic E-state index is 13.4. The Morgan fingerprint density at radius 3 is 2.67 bits per heavy atom. The van der Waals surface area contributed by atoms with Crippen molar-refractivity contribution in [1.82, 2.24) is 4.98 Å². The first-order chi connectivity index (χ1) is 14.4. The molecule has 0 aliphatic heterocycles. The van der Waals surface area contributed by atoms with Crippen LogP contribution in [0.3, 0.4) is 0 Å². The van der Waals surface area contributed by atoms with E-state index in [4.69, 9.17) is 9.40 Å². The van der Waals surface area contributed by atoms with Crippen LogP contribution in [-0.4, -0.2) is 10.9 Å². The number of furan rings is 1. The van der Waals surface area contributed by atoms with Gasteiger partial charge in [0.05, 0.1) is 29.4 Å². The van der Waals surface area contributed by atoms with Gasteiger partial charge < -0.3 is 4.42 Å². The van der Waals surface area contributed by atoms with Crippen LogP contribution < -0.4 is 4.90 Å². The van der Waals surface area contributed by atoms with Gasteiger partial charge in [-0.1, -0.05) is 61.1 Å². The summed E-state index contributed by atoms with van der Waals surface area (Å²) >= 11 is 1.56. The highest BCUT2D eigenvalue weighted by atomic mass is 32.1. The molecule has 4 aromatic rings. The third-order valence-corrected chi connectivity index (χ3v) is 6.37. The van der Waals surface area contributed by atoms with Crippen LogP contribution in [0.25, 0.3) is 10.2 Å². The summed E-state index contributed by atoms with van der Waals surface area (Å²) in [6.07, 6.45) is 1.97. The van der Waals surface area contributed by atoms with Gasteiger partial charge in [0.2, 0.25) is 5.91 Å². The minimum atomic E-state index is 0.0171. The van der Waals surface area contributed by atoms with E-state index in [2.05, 4.69) is 58.0 Å². The van der Waals surface area contributed by atoms with Crippen LogP contribution in [0.1, 0.15) is 47.8 Å². The number of aromatic nitrogens is 1. The van der Waals surface area contributed by atoms with Gasteiger partial charge >= 0.3 is 0 Å². The van der Waals surface area contributed by atoms with Gasteiger partial charge in [0, 0.05) is 0 Å². The zero-order valence-corrected chi connectivity index (χ0v) is 18.6. The van der Waals surface area contributed by atoms with Gasteiger partial charge in [-0.3, -0.25) is 9.69 Å². The molecule has 4 rings (SSSR count). The van der Waals surface area contributed by atoms with Crippen molar-refractivity contribution in [2.45, 2.75) is 46.6 Å². The van der Waals surface area contributed by atoms with Crippen molar-refractivity contribution >= 4 is 32.6 Å². The minimum absolute atomic E-state index is 0.0171. The molecule has 0 radical (unpaired) electrons. The fourth-order valence-electron chi connectivity index (χ4n) is 3.66. The largest absolute Gasteiger partial charge is 0.467 e. The molecule has 5 heteroatoms. The molecule has 0 aliphatic carbocycles. The number of fused-ring (bicyclic) bond motifs is 1. The molecule has 0 N–H and O–H groups in total. The van der Waals surface area contributed by atoms with E-state index in [1.165, 1.54) is 11.1 Å². The van der Waals surface area contributed by atoms with E-state index < -0.39 is 0 Å². The van der Waals surface area contributed by atoms with Crippen molar-refractivity contribution in [2.75, 3.05) is 4.90 Å². The predicted octanol–water partition coefficient (Wildman–Crippen LogP) is 6.41. The second-order valence-corrected chi connectivity index (χ2v) is 9.02. The van der Waals surface area contributed by atoms with Crippen molar-refractivity contribution in [3.8, 4) is 0 Å². The smallest absolute Gasteiger partial charge is 0.233 e. The maximum Gasteiger partial charge on any atom is 0.233 e. The molecule has 154 valence electrons. The standard InChI is InChI=1S/C25H26N2O2S/c1-16(2)21-8-5-9-22-24(21)26-25(30-22)27(15-20-7-6-12-29-20)23(28)14-19-11-10-17(3)13-18(19)4/h5-13,16H,14-15H2,1-4H3. The second-order valence-electron chi connectivity index (χ2n) is 8.01. The Morgan fingerprint density at radius 2 is 1.97 bits per heavy atom.